The molecule has 0 unspecified atom stereocenters. The Labute approximate surface area is 174 Å². The molecule has 0 aliphatic carbocycles. The molecule has 4 rings (SSSR count). The highest BCUT2D eigenvalue weighted by atomic mass is 16.5. The highest BCUT2D eigenvalue weighted by Crippen LogP contribution is 2.29. The molecule has 0 amide bonds. The summed E-state index contributed by atoms with van der Waals surface area (Å²) in [5.41, 5.74) is 3.03. The minimum Gasteiger partial charge on any atom is -0.496 e. The van der Waals surface area contributed by atoms with E-state index in [0.717, 1.165) is 22.4 Å². The minimum absolute atomic E-state index is 0.148. The van der Waals surface area contributed by atoms with Crippen molar-refractivity contribution in [3.8, 4) is 17.2 Å². The summed E-state index contributed by atoms with van der Waals surface area (Å²) in [7, 11) is 3.27. The van der Waals surface area contributed by atoms with Gasteiger partial charge < -0.3 is 14.2 Å². The lowest BCUT2D eigenvalue weighted by Crippen LogP contribution is -2.40. The fourth-order valence-corrected chi connectivity index (χ4v) is 3.42. The third-order valence-electron chi connectivity index (χ3n) is 5.06. The molecule has 3 aromatic rings. The van der Waals surface area contributed by atoms with E-state index in [-0.39, 0.29) is 17.8 Å². The smallest absolute Gasteiger partial charge is 0.364 e. The van der Waals surface area contributed by atoms with E-state index in [0.29, 0.717) is 23.9 Å². The summed E-state index contributed by atoms with van der Waals surface area (Å²) in [5, 5.41) is 2.93. The standard InChI is InChI=1S/C22H26N4O4/c1-14-11-15(20-23-22(2,3)13-30-20)9-10-18(14)29-12-16-17(7-6-8-19(16)28-5)26-21(27)25(4)24-26/h6-11,24H,12-13H2,1-5H3. The molecule has 2 heterocycles. The number of hydrogen-bond acceptors (Lipinski definition) is 5. The number of H-pyrrole nitrogens is 1. The molecule has 0 fully saturated rings. The van der Waals surface area contributed by atoms with Crippen LogP contribution in [-0.2, 0) is 18.4 Å². The highest BCUT2D eigenvalue weighted by Gasteiger charge is 2.27. The number of methoxy groups -OCH3 is 1. The van der Waals surface area contributed by atoms with E-state index >= 15 is 0 Å². The van der Waals surface area contributed by atoms with E-state index < -0.39 is 0 Å². The third kappa shape index (κ3) is 3.60. The van der Waals surface area contributed by atoms with Crippen molar-refractivity contribution in [1.82, 2.24) is 14.6 Å². The predicted molar refractivity (Wildman–Crippen MR) is 114 cm³/mol. The van der Waals surface area contributed by atoms with Crippen LogP contribution in [0.1, 0.15) is 30.5 Å². The third-order valence-corrected chi connectivity index (χ3v) is 5.06. The molecule has 0 saturated heterocycles. The van der Waals surface area contributed by atoms with Crippen LogP contribution in [0, 0.1) is 6.92 Å². The summed E-state index contributed by atoms with van der Waals surface area (Å²) >= 11 is 0. The van der Waals surface area contributed by atoms with E-state index in [9.17, 15) is 4.79 Å². The Morgan fingerprint density at radius 2 is 2.03 bits per heavy atom. The van der Waals surface area contributed by atoms with E-state index in [1.807, 2.05) is 57.2 Å². The van der Waals surface area contributed by atoms with Gasteiger partial charge in [0.05, 0.1) is 23.9 Å². The average Bonchev–Trinajstić information content (AvgIpc) is 3.10. The van der Waals surface area contributed by atoms with Gasteiger partial charge in [0.15, 0.2) is 0 Å². The molecule has 1 aliphatic rings. The summed E-state index contributed by atoms with van der Waals surface area (Å²) in [6, 6.07) is 11.4. The molecule has 2 aromatic carbocycles. The monoisotopic (exact) mass is 410 g/mol. The van der Waals surface area contributed by atoms with Crippen molar-refractivity contribution in [2.45, 2.75) is 32.9 Å². The number of aromatic amines is 1. The van der Waals surface area contributed by atoms with Gasteiger partial charge in [-0.3, -0.25) is 0 Å². The average molecular weight is 410 g/mol. The molecule has 0 atom stereocenters. The molecule has 1 N–H and O–H groups in total. The lowest BCUT2D eigenvalue weighted by atomic mass is 10.1. The van der Waals surface area contributed by atoms with E-state index in [1.165, 1.54) is 9.36 Å². The van der Waals surface area contributed by atoms with Gasteiger partial charge in [0.25, 0.3) is 0 Å². The van der Waals surface area contributed by atoms with Crippen molar-refractivity contribution in [3.63, 3.8) is 0 Å². The fraction of sp³-hybridized carbons (Fsp3) is 0.364. The highest BCUT2D eigenvalue weighted by molar-refractivity contribution is 5.95. The fourth-order valence-electron chi connectivity index (χ4n) is 3.42. The molecule has 0 spiro atoms. The maximum atomic E-state index is 12.1. The van der Waals surface area contributed by atoms with Crippen molar-refractivity contribution < 1.29 is 14.2 Å². The van der Waals surface area contributed by atoms with E-state index in [2.05, 4.69) is 10.2 Å². The number of aryl methyl sites for hydroxylation is 2. The van der Waals surface area contributed by atoms with Crippen LogP contribution in [0.5, 0.6) is 11.5 Å². The van der Waals surface area contributed by atoms with Crippen molar-refractivity contribution in [2.24, 2.45) is 12.0 Å². The van der Waals surface area contributed by atoms with Gasteiger partial charge in [0, 0.05) is 12.6 Å². The van der Waals surface area contributed by atoms with Crippen molar-refractivity contribution in [2.75, 3.05) is 13.7 Å². The van der Waals surface area contributed by atoms with Gasteiger partial charge in [-0.25, -0.2) is 19.7 Å². The lowest BCUT2D eigenvalue weighted by molar-refractivity contribution is 0.279. The first kappa shape index (κ1) is 19.9. The first-order valence-corrected chi connectivity index (χ1v) is 9.75. The van der Waals surface area contributed by atoms with E-state index in [4.69, 9.17) is 14.2 Å². The Kier molecular flexibility index (Phi) is 4.93. The number of aliphatic imine (C=N–C) groups is 1. The quantitative estimate of drug-likeness (QED) is 0.677. The van der Waals surface area contributed by atoms with Crippen LogP contribution >= 0.6 is 0 Å². The minimum atomic E-state index is -0.199. The maximum Gasteiger partial charge on any atom is 0.364 e. The van der Waals surface area contributed by atoms with Crippen LogP contribution in [0.3, 0.4) is 0 Å². The molecule has 8 heteroatoms. The Hall–Kier alpha value is -3.42. The number of ether oxygens (including phenoxy) is 3. The molecule has 0 saturated carbocycles. The molecule has 1 aromatic heterocycles. The zero-order valence-corrected chi connectivity index (χ0v) is 17.9. The zero-order valence-electron chi connectivity index (χ0n) is 17.9. The Balaban J connectivity index is 1.59. The van der Waals surface area contributed by atoms with Gasteiger partial charge in [0.2, 0.25) is 5.90 Å². The number of nitrogens with zero attached hydrogens (tertiary/aromatic N) is 3. The normalized spacial score (nSPS) is 15.0. The van der Waals surface area contributed by atoms with Crippen LogP contribution in [0.2, 0.25) is 0 Å². The van der Waals surface area contributed by atoms with Crippen molar-refractivity contribution in [1.29, 1.82) is 0 Å². The van der Waals surface area contributed by atoms with Gasteiger partial charge in [-0.1, -0.05) is 6.07 Å². The van der Waals surface area contributed by atoms with Crippen LogP contribution in [0.25, 0.3) is 5.69 Å². The molecule has 30 heavy (non-hydrogen) atoms. The summed E-state index contributed by atoms with van der Waals surface area (Å²) in [5.74, 6) is 2.06. The topological polar surface area (TPSA) is 82.8 Å². The first-order valence-electron chi connectivity index (χ1n) is 9.75. The molecular formula is C22H26N4O4. The number of aromatic nitrogens is 3. The number of nitrogens with one attached hydrogen (secondary N) is 1. The number of hydrogen-bond donors (Lipinski definition) is 1. The second-order valence-electron chi connectivity index (χ2n) is 8.02. The van der Waals surface area contributed by atoms with Crippen LogP contribution in [0.15, 0.2) is 46.2 Å². The van der Waals surface area contributed by atoms with Crippen molar-refractivity contribution >= 4 is 5.90 Å². The molecule has 158 valence electrons. The second kappa shape index (κ2) is 7.44. The molecular weight excluding hydrogens is 384 g/mol. The summed E-state index contributed by atoms with van der Waals surface area (Å²) in [6.07, 6.45) is 0. The van der Waals surface area contributed by atoms with Crippen LogP contribution in [0.4, 0.5) is 0 Å². The largest absolute Gasteiger partial charge is 0.496 e. The molecule has 8 nitrogen and oxygen atoms in total. The van der Waals surface area contributed by atoms with Crippen LogP contribution < -0.4 is 15.2 Å². The lowest BCUT2D eigenvalue weighted by Gasteiger charge is -2.19. The van der Waals surface area contributed by atoms with Crippen molar-refractivity contribution in [3.05, 3.63) is 63.6 Å². The number of benzene rings is 2. The first-order chi connectivity index (χ1) is 14.3. The maximum absolute atomic E-state index is 12.1. The van der Waals surface area contributed by atoms with E-state index in [1.54, 1.807) is 14.2 Å². The summed E-state index contributed by atoms with van der Waals surface area (Å²) in [4.78, 5) is 16.8. The summed E-state index contributed by atoms with van der Waals surface area (Å²) < 4.78 is 20.2. The molecule has 1 aliphatic heterocycles. The number of rotatable bonds is 6. The Bertz CT molecular complexity index is 1170. The van der Waals surface area contributed by atoms with Gasteiger partial charge in [-0.05, 0) is 56.7 Å². The van der Waals surface area contributed by atoms with Gasteiger partial charge in [-0.15, -0.1) is 0 Å². The van der Waals surface area contributed by atoms with Gasteiger partial charge >= 0.3 is 5.69 Å². The molecule has 0 radical (unpaired) electrons. The van der Waals surface area contributed by atoms with Gasteiger partial charge in [-0.2, -0.15) is 4.68 Å². The second-order valence-corrected chi connectivity index (χ2v) is 8.02. The predicted octanol–water partition coefficient (Wildman–Crippen LogP) is 2.96. The Morgan fingerprint density at radius 1 is 1.23 bits per heavy atom. The molecule has 0 bridgehead atoms. The summed E-state index contributed by atoms with van der Waals surface area (Å²) in [6.45, 7) is 6.90. The van der Waals surface area contributed by atoms with Gasteiger partial charge in [0.1, 0.15) is 24.7 Å². The Morgan fingerprint density at radius 3 is 2.63 bits per heavy atom. The van der Waals surface area contributed by atoms with Crippen LogP contribution in [-0.4, -0.2) is 39.7 Å². The SMILES string of the molecule is COc1cccc(-n2[nH]n(C)c2=O)c1COc1ccc(C2=NC(C)(C)CO2)cc1C. The zero-order chi connectivity index (χ0) is 21.5.